The number of methoxy groups -OCH3 is 1. The molecule has 4 aromatic rings. The number of piperazine rings is 1. The number of ether oxygens (including phenoxy) is 1. The summed E-state index contributed by atoms with van der Waals surface area (Å²) >= 11 is 9.30. The number of hydrogen-bond acceptors (Lipinski definition) is 14. The lowest BCUT2D eigenvalue weighted by molar-refractivity contribution is -0.143. The molecule has 2 saturated carbocycles. The molecule has 376 valence electrons. The molecule has 1 unspecified atom stereocenters. The smallest absolute Gasteiger partial charge is 0.258 e. The van der Waals surface area contributed by atoms with Gasteiger partial charge in [0.2, 0.25) is 17.8 Å². The first-order chi connectivity index (χ1) is 33.5. The maximum absolute atomic E-state index is 15.2. The van der Waals surface area contributed by atoms with Crippen molar-refractivity contribution in [2.75, 3.05) is 69.8 Å². The van der Waals surface area contributed by atoms with Crippen LogP contribution < -0.4 is 26.0 Å². The lowest BCUT2D eigenvalue weighted by atomic mass is 9.82. The van der Waals surface area contributed by atoms with E-state index in [9.17, 15) is 24.3 Å². The third-order valence-corrected chi connectivity index (χ3v) is 16.9. The Hall–Kier alpha value is -5.08. The van der Waals surface area contributed by atoms with Gasteiger partial charge in [-0.1, -0.05) is 42.3 Å². The van der Waals surface area contributed by atoms with Crippen molar-refractivity contribution in [3.8, 4) is 16.2 Å². The quantitative estimate of drug-likeness (QED) is 0.0708. The summed E-state index contributed by atoms with van der Waals surface area (Å²) in [6, 6.07) is 11.1. The minimum absolute atomic E-state index is 0.0551. The van der Waals surface area contributed by atoms with Crippen LogP contribution >= 0.6 is 34.7 Å². The third-order valence-electron chi connectivity index (χ3n) is 14.0. The summed E-state index contributed by atoms with van der Waals surface area (Å²) in [5, 5.41) is 23.0. The van der Waals surface area contributed by atoms with Crippen LogP contribution in [0.25, 0.3) is 10.4 Å². The summed E-state index contributed by atoms with van der Waals surface area (Å²) in [7, 11) is 3.27. The maximum Gasteiger partial charge on any atom is 0.258 e. The van der Waals surface area contributed by atoms with Crippen LogP contribution in [0.2, 0.25) is 5.02 Å². The zero-order valence-corrected chi connectivity index (χ0v) is 42.8. The molecule has 8 rings (SSSR count). The largest absolute Gasteiger partial charge is 0.495 e. The van der Waals surface area contributed by atoms with E-state index in [2.05, 4.69) is 41.1 Å². The van der Waals surface area contributed by atoms with E-state index in [-0.39, 0.29) is 38.3 Å². The average molecular weight is 1020 g/mol. The minimum atomic E-state index is -2.01. The Morgan fingerprint density at radius 1 is 1.04 bits per heavy atom. The number of likely N-dealkylation sites (tertiary alicyclic amines) is 1. The molecule has 5 N–H and O–H groups in total. The Bertz CT molecular complexity index is 2520. The second-order valence-corrected chi connectivity index (χ2v) is 22.5. The molecule has 2 aromatic carbocycles. The van der Waals surface area contributed by atoms with Crippen LogP contribution in [0, 0.1) is 18.8 Å². The van der Waals surface area contributed by atoms with E-state index >= 15 is 4.39 Å². The molecule has 4 fully saturated rings. The number of nitrogens with one attached hydrogen (secondary N) is 4. The predicted molar refractivity (Wildman–Crippen MR) is 272 cm³/mol. The first-order valence-electron chi connectivity index (χ1n) is 24.1. The van der Waals surface area contributed by atoms with Crippen LogP contribution in [0.5, 0.6) is 5.75 Å². The van der Waals surface area contributed by atoms with E-state index in [1.807, 2.05) is 55.4 Å². The van der Waals surface area contributed by atoms with E-state index in [0.29, 0.717) is 58.7 Å². The number of β-amino-alcohol motifs (C(OH)–C–C–N with tert-alkyl or cyclic N) is 1. The van der Waals surface area contributed by atoms with E-state index < -0.39 is 46.3 Å². The number of anilines is 3. The van der Waals surface area contributed by atoms with Crippen LogP contribution in [0.3, 0.4) is 0 Å². The number of aliphatic hydroxyl groups excluding tert-OH is 1. The molecular weight excluding hydrogens is 955 g/mol. The van der Waals surface area contributed by atoms with Crippen LogP contribution in [0.1, 0.15) is 80.4 Å². The highest BCUT2D eigenvalue weighted by Crippen LogP contribution is 2.42. The zero-order chi connectivity index (χ0) is 49.7. The number of rotatable bonds is 18. The molecule has 2 aromatic heterocycles. The monoisotopic (exact) mass is 1020 g/mol. The lowest BCUT2D eigenvalue weighted by Gasteiger charge is -2.40. The van der Waals surface area contributed by atoms with E-state index in [4.69, 9.17) is 16.3 Å². The number of carbonyl (C=O) groups excluding carboxylic acids is 4. The Morgan fingerprint density at radius 2 is 1.79 bits per heavy atom. The van der Waals surface area contributed by atoms with E-state index in [1.165, 1.54) is 11.1 Å². The summed E-state index contributed by atoms with van der Waals surface area (Å²) in [4.78, 5) is 75.1. The summed E-state index contributed by atoms with van der Waals surface area (Å²) in [5.41, 5.74) is 3.81. The highest BCUT2D eigenvalue weighted by molar-refractivity contribution is 8.00. The standard InChI is InChI=1S/C50H64ClFN10O6S2/c1-30-41(69-29-56-30)34-11-9-31(10-12-34)24-54-44(64)39-23-36(63)27-62(39)46(66)42(58-47(67)50(52)15-16-50)49(2,3)70-28-33-8-6-7-32(21-33)26-60-17-19-61(20-18-60)45(65)35-13-14-38(40(22-35)68-5)57-48-55-25-37(51)43(53-4)59-48/h9-14,22,25,29,32-33,36,39,42,63H,6-8,15-21,23-24,26-28H2,1-5H3,(H,54,64)(H,58,67)(H2,53,55,57,59)/t32-,33+,36-,39+,42?/m1/s1. The number of aliphatic hydroxyl groups is 1. The van der Waals surface area contributed by atoms with Crippen molar-refractivity contribution in [1.82, 2.24) is 40.3 Å². The van der Waals surface area contributed by atoms with E-state index in [1.54, 1.807) is 55.5 Å². The van der Waals surface area contributed by atoms with Gasteiger partial charge in [0.1, 0.15) is 28.7 Å². The summed E-state index contributed by atoms with van der Waals surface area (Å²) < 4.78 is 20.0. The van der Waals surface area contributed by atoms with Gasteiger partial charge in [-0.05, 0) is 99.8 Å². The second-order valence-electron chi connectivity index (χ2n) is 19.5. The molecule has 4 amide bonds. The number of amides is 4. The molecule has 4 heterocycles. The highest BCUT2D eigenvalue weighted by atomic mass is 35.5. The Kier molecular flexibility index (Phi) is 16.2. The Balaban J connectivity index is 0.837. The van der Waals surface area contributed by atoms with Crippen molar-refractivity contribution in [1.29, 1.82) is 0 Å². The fourth-order valence-electron chi connectivity index (χ4n) is 9.73. The van der Waals surface area contributed by atoms with Crippen LogP contribution in [0.15, 0.2) is 54.2 Å². The Labute approximate surface area is 422 Å². The average Bonchev–Trinajstić information content (AvgIpc) is 3.77. The van der Waals surface area contributed by atoms with Crippen molar-refractivity contribution in [3.63, 3.8) is 0 Å². The third kappa shape index (κ3) is 12.1. The van der Waals surface area contributed by atoms with Gasteiger partial charge in [-0.3, -0.25) is 24.1 Å². The normalized spacial score (nSPS) is 21.7. The van der Waals surface area contributed by atoms with Gasteiger partial charge in [0.05, 0.1) is 41.2 Å². The van der Waals surface area contributed by atoms with Gasteiger partial charge >= 0.3 is 0 Å². The number of thiazole rings is 1. The van der Waals surface area contributed by atoms with Crippen molar-refractivity contribution >= 4 is 75.8 Å². The van der Waals surface area contributed by atoms with E-state index in [0.717, 1.165) is 72.8 Å². The SMILES string of the molecule is CNc1nc(Nc2ccc(C(=O)N3CCN(C[C@@H]4CCC[C@H](CSC(C)(C)C(NC(=O)C5(F)CC5)C(=O)N5C[C@H](O)C[C@H]5C(=O)NCc5ccc(-c6scnc6C)cc5)C4)CC3)cc2OC)ncc1Cl. The molecule has 0 bridgehead atoms. The van der Waals surface area contributed by atoms with Crippen LogP contribution in [-0.4, -0.2) is 146 Å². The fourth-order valence-corrected chi connectivity index (χ4v) is 12.0. The molecule has 0 radical (unpaired) electrons. The number of thioether (sulfide) groups is 1. The van der Waals surface area contributed by atoms with Crippen molar-refractivity contribution < 1.29 is 33.4 Å². The molecule has 0 spiro atoms. The highest BCUT2D eigenvalue weighted by Gasteiger charge is 2.54. The molecule has 2 saturated heterocycles. The first kappa shape index (κ1) is 51.3. The van der Waals surface area contributed by atoms with Gasteiger partial charge in [-0.2, -0.15) is 16.7 Å². The number of aromatic nitrogens is 3. The molecule has 2 aliphatic carbocycles. The Morgan fingerprint density at radius 3 is 2.47 bits per heavy atom. The molecule has 5 atom stereocenters. The van der Waals surface area contributed by atoms with Gasteiger partial charge in [0.15, 0.2) is 5.67 Å². The van der Waals surface area contributed by atoms with Crippen LogP contribution in [-0.2, 0) is 20.9 Å². The number of benzene rings is 2. The number of nitrogens with zero attached hydrogens (tertiary/aromatic N) is 6. The van der Waals surface area contributed by atoms with Crippen LogP contribution in [0.4, 0.5) is 21.8 Å². The van der Waals surface area contributed by atoms with Crippen molar-refractivity contribution in [2.24, 2.45) is 11.8 Å². The van der Waals surface area contributed by atoms with Gasteiger partial charge in [-0.25, -0.2) is 14.4 Å². The maximum atomic E-state index is 15.2. The molecule has 2 aliphatic heterocycles. The summed E-state index contributed by atoms with van der Waals surface area (Å²) in [5.74, 6) is 1.09. The van der Waals surface area contributed by atoms with Gasteiger partial charge in [0, 0.05) is 69.6 Å². The zero-order valence-electron chi connectivity index (χ0n) is 40.4. The molecule has 70 heavy (non-hydrogen) atoms. The van der Waals surface area contributed by atoms with Gasteiger partial charge in [0.25, 0.3) is 11.8 Å². The number of hydrogen-bond donors (Lipinski definition) is 5. The topological polar surface area (TPSA) is 194 Å². The number of alkyl halides is 1. The van der Waals surface area contributed by atoms with Crippen molar-refractivity contribution in [3.05, 3.63) is 76.0 Å². The molecular formula is C50H64ClFN10O6S2. The molecule has 4 aliphatic rings. The van der Waals surface area contributed by atoms with Gasteiger partial charge in [-0.15, -0.1) is 11.3 Å². The second kappa shape index (κ2) is 22.1. The lowest BCUT2D eigenvalue weighted by Crippen LogP contribution is -2.61. The molecule has 20 heteroatoms. The molecule has 16 nitrogen and oxygen atoms in total. The van der Waals surface area contributed by atoms with Crippen molar-refractivity contribution in [2.45, 2.75) is 101 Å². The summed E-state index contributed by atoms with van der Waals surface area (Å²) in [6.07, 6.45) is 5.05. The number of halogens is 2. The fraction of sp³-hybridized carbons (Fsp3) is 0.540. The number of aryl methyl sites for hydroxylation is 1. The summed E-state index contributed by atoms with van der Waals surface area (Å²) in [6.45, 7) is 9.58. The predicted octanol–water partition coefficient (Wildman–Crippen LogP) is 6.70. The first-order valence-corrected chi connectivity index (χ1v) is 26.3. The minimum Gasteiger partial charge on any atom is -0.495 e. The van der Waals surface area contributed by atoms with Gasteiger partial charge < -0.3 is 40.9 Å². The number of carbonyl (C=O) groups is 4.